The third kappa shape index (κ3) is 4.08. The molecule has 0 saturated carbocycles. The van der Waals surface area contributed by atoms with Crippen LogP contribution in [0, 0.1) is 0 Å². The second-order valence-electron chi connectivity index (χ2n) is 5.14. The highest BCUT2D eigenvalue weighted by atomic mass is 15.2. The van der Waals surface area contributed by atoms with Crippen molar-refractivity contribution in [3.05, 3.63) is 18.2 Å². The minimum atomic E-state index is 0.679. The zero-order chi connectivity index (χ0) is 12.8. The van der Waals surface area contributed by atoms with Gasteiger partial charge in [0.1, 0.15) is 0 Å². The molecular formula is C13H25N5. The van der Waals surface area contributed by atoms with Crippen LogP contribution in [-0.4, -0.2) is 65.7 Å². The van der Waals surface area contributed by atoms with Crippen molar-refractivity contribution in [1.29, 1.82) is 0 Å². The van der Waals surface area contributed by atoms with E-state index >= 15 is 0 Å². The van der Waals surface area contributed by atoms with Gasteiger partial charge < -0.3 is 20.1 Å². The first kappa shape index (κ1) is 13.5. The summed E-state index contributed by atoms with van der Waals surface area (Å²) in [6, 6.07) is 0. The first-order chi connectivity index (χ1) is 8.78. The highest BCUT2D eigenvalue weighted by molar-refractivity contribution is 4.96. The molecule has 1 aliphatic rings. The van der Waals surface area contributed by atoms with Crippen LogP contribution in [0.3, 0.4) is 0 Å². The van der Waals surface area contributed by atoms with Crippen LogP contribution in [0.4, 0.5) is 0 Å². The molecule has 18 heavy (non-hydrogen) atoms. The molecule has 1 aromatic heterocycles. The Kier molecular flexibility index (Phi) is 5.16. The monoisotopic (exact) mass is 251 g/mol. The third-order valence-corrected chi connectivity index (χ3v) is 3.57. The molecule has 5 heteroatoms. The number of nitrogens with zero attached hydrogens (tertiary/aromatic N) is 4. The molecule has 2 rings (SSSR count). The quantitative estimate of drug-likeness (QED) is 0.774. The fourth-order valence-corrected chi connectivity index (χ4v) is 2.35. The van der Waals surface area contributed by atoms with Gasteiger partial charge in [0.25, 0.3) is 0 Å². The molecule has 5 nitrogen and oxygen atoms in total. The Labute approximate surface area is 110 Å². The molecule has 0 spiro atoms. The summed E-state index contributed by atoms with van der Waals surface area (Å²) in [6.45, 7) is 7.75. The maximum atomic E-state index is 5.52. The molecule has 0 unspecified atom stereocenters. The van der Waals surface area contributed by atoms with E-state index in [-0.39, 0.29) is 0 Å². The SMILES string of the molecule is CN1CCN(CCCn2cnc(CCN)c2)CC1. The molecule has 0 radical (unpaired) electrons. The summed E-state index contributed by atoms with van der Waals surface area (Å²) in [5, 5.41) is 0. The van der Waals surface area contributed by atoms with Crippen molar-refractivity contribution in [3.63, 3.8) is 0 Å². The van der Waals surface area contributed by atoms with Crippen LogP contribution in [-0.2, 0) is 13.0 Å². The summed E-state index contributed by atoms with van der Waals surface area (Å²) < 4.78 is 2.18. The van der Waals surface area contributed by atoms with E-state index in [9.17, 15) is 0 Å². The normalized spacial score (nSPS) is 18.3. The highest BCUT2D eigenvalue weighted by Gasteiger charge is 2.12. The van der Waals surface area contributed by atoms with Crippen molar-refractivity contribution in [2.24, 2.45) is 5.73 Å². The Hall–Kier alpha value is -0.910. The number of aryl methyl sites for hydroxylation is 1. The molecule has 2 heterocycles. The van der Waals surface area contributed by atoms with Gasteiger partial charge in [-0.2, -0.15) is 0 Å². The van der Waals surface area contributed by atoms with E-state index in [0.29, 0.717) is 6.54 Å². The number of hydrogen-bond acceptors (Lipinski definition) is 4. The first-order valence-electron chi connectivity index (χ1n) is 6.89. The van der Waals surface area contributed by atoms with Crippen LogP contribution in [0.1, 0.15) is 12.1 Å². The van der Waals surface area contributed by atoms with Crippen molar-refractivity contribution in [2.45, 2.75) is 19.4 Å². The maximum absolute atomic E-state index is 5.52. The Balaban J connectivity index is 1.65. The van der Waals surface area contributed by atoms with Crippen LogP contribution in [0.2, 0.25) is 0 Å². The van der Waals surface area contributed by atoms with Gasteiger partial charge in [-0.15, -0.1) is 0 Å². The van der Waals surface area contributed by atoms with Crippen molar-refractivity contribution >= 4 is 0 Å². The molecular weight excluding hydrogens is 226 g/mol. The number of aromatic nitrogens is 2. The molecule has 1 fully saturated rings. The summed E-state index contributed by atoms with van der Waals surface area (Å²) in [5.74, 6) is 0. The van der Waals surface area contributed by atoms with E-state index in [1.165, 1.54) is 39.1 Å². The second kappa shape index (κ2) is 6.87. The Morgan fingerprint density at radius 3 is 2.72 bits per heavy atom. The molecule has 0 atom stereocenters. The largest absolute Gasteiger partial charge is 0.337 e. The minimum Gasteiger partial charge on any atom is -0.337 e. The lowest BCUT2D eigenvalue weighted by atomic mass is 10.3. The summed E-state index contributed by atoms with van der Waals surface area (Å²) in [6.07, 6.45) is 6.12. The zero-order valence-electron chi connectivity index (χ0n) is 11.4. The van der Waals surface area contributed by atoms with Gasteiger partial charge in [-0.3, -0.25) is 0 Å². The van der Waals surface area contributed by atoms with E-state index in [4.69, 9.17) is 5.73 Å². The predicted octanol–water partition coefficient (Wildman–Crippen LogP) is 0.0218. The van der Waals surface area contributed by atoms with Gasteiger partial charge in [-0.25, -0.2) is 4.98 Å². The van der Waals surface area contributed by atoms with E-state index in [0.717, 1.165) is 18.7 Å². The average molecular weight is 251 g/mol. The standard InChI is InChI=1S/C13H25N5/c1-16-7-9-17(10-8-16)5-2-6-18-11-13(3-4-14)15-12-18/h11-12H,2-10,14H2,1H3. The zero-order valence-corrected chi connectivity index (χ0v) is 11.4. The van der Waals surface area contributed by atoms with Gasteiger partial charge in [0.15, 0.2) is 0 Å². The number of imidazole rings is 1. The van der Waals surface area contributed by atoms with E-state index in [1.807, 2.05) is 6.33 Å². The minimum absolute atomic E-state index is 0.679. The average Bonchev–Trinajstić information content (AvgIpc) is 2.80. The molecule has 1 aromatic rings. The lowest BCUT2D eigenvalue weighted by Gasteiger charge is -2.32. The Morgan fingerprint density at radius 2 is 2.00 bits per heavy atom. The summed E-state index contributed by atoms with van der Waals surface area (Å²) in [7, 11) is 2.20. The van der Waals surface area contributed by atoms with Gasteiger partial charge in [0.05, 0.1) is 12.0 Å². The number of nitrogens with two attached hydrogens (primary N) is 1. The van der Waals surface area contributed by atoms with Crippen molar-refractivity contribution < 1.29 is 0 Å². The number of hydrogen-bond donors (Lipinski definition) is 1. The topological polar surface area (TPSA) is 50.3 Å². The second-order valence-corrected chi connectivity index (χ2v) is 5.14. The Morgan fingerprint density at radius 1 is 1.22 bits per heavy atom. The van der Waals surface area contributed by atoms with Crippen LogP contribution in [0.5, 0.6) is 0 Å². The molecule has 0 bridgehead atoms. The predicted molar refractivity (Wildman–Crippen MR) is 73.5 cm³/mol. The summed E-state index contributed by atoms with van der Waals surface area (Å²) in [5.41, 5.74) is 6.63. The van der Waals surface area contributed by atoms with Crippen LogP contribution < -0.4 is 5.73 Å². The lowest BCUT2D eigenvalue weighted by Crippen LogP contribution is -2.44. The van der Waals surface area contributed by atoms with Gasteiger partial charge in [0, 0.05) is 45.3 Å². The van der Waals surface area contributed by atoms with Gasteiger partial charge in [-0.1, -0.05) is 0 Å². The Bertz CT molecular complexity index is 341. The first-order valence-corrected chi connectivity index (χ1v) is 6.89. The summed E-state index contributed by atoms with van der Waals surface area (Å²) >= 11 is 0. The highest BCUT2D eigenvalue weighted by Crippen LogP contribution is 2.02. The third-order valence-electron chi connectivity index (χ3n) is 3.57. The number of piperazine rings is 1. The fraction of sp³-hybridized carbons (Fsp3) is 0.769. The van der Waals surface area contributed by atoms with E-state index in [1.54, 1.807) is 0 Å². The molecule has 2 N–H and O–H groups in total. The van der Waals surface area contributed by atoms with Gasteiger partial charge in [0.2, 0.25) is 0 Å². The van der Waals surface area contributed by atoms with Gasteiger partial charge >= 0.3 is 0 Å². The molecule has 1 aliphatic heterocycles. The van der Waals surface area contributed by atoms with Crippen LogP contribution in [0.15, 0.2) is 12.5 Å². The molecule has 0 amide bonds. The van der Waals surface area contributed by atoms with E-state index in [2.05, 4.69) is 32.6 Å². The van der Waals surface area contributed by atoms with Crippen molar-refractivity contribution in [1.82, 2.24) is 19.4 Å². The van der Waals surface area contributed by atoms with Crippen LogP contribution in [0.25, 0.3) is 0 Å². The lowest BCUT2D eigenvalue weighted by molar-refractivity contribution is 0.151. The fourth-order valence-electron chi connectivity index (χ4n) is 2.35. The number of likely N-dealkylation sites (N-methyl/N-ethyl adjacent to an activating group) is 1. The molecule has 102 valence electrons. The van der Waals surface area contributed by atoms with Gasteiger partial charge in [-0.05, 0) is 26.6 Å². The van der Waals surface area contributed by atoms with Crippen molar-refractivity contribution in [3.8, 4) is 0 Å². The molecule has 0 aliphatic carbocycles. The van der Waals surface area contributed by atoms with E-state index < -0.39 is 0 Å². The molecule has 1 saturated heterocycles. The number of rotatable bonds is 6. The molecule has 0 aromatic carbocycles. The van der Waals surface area contributed by atoms with Crippen molar-refractivity contribution in [2.75, 3.05) is 46.3 Å². The summed E-state index contributed by atoms with van der Waals surface area (Å²) in [4.78, 5) is 9.29. The smallest absolute Gasteiger partial charge is 0.0949 e. The maximum Gasteiger partial charge on any atom is 0.0949 e. The van der Waals surface area contributed by atoms with Crippen LogP contribution >= 0.6 is 0 Å².